The first-order chi connectivity index (χ1) is 9.70. The molecule has 2 rings (SSSR count). The van der Waals surface area contributed by atoms with Crippen LogP contribution >= 0.6 is 0 Å². The first kappa shape index (κ1) is 14.1. The van der Waals surface area contributed by atoms with E-state index in [0.29, 0.717) is 13.1 Å². The summed E-state index contributed by atoms with van der Waals surface area (Å²) in [7, 11) is 1.63. The van der Waals surface area contributed by atoms with Gasteiger partial charge in [-0.15, -0.1) is 0 Å². The molecule has 1 amide bonds. The van der Waals surface area contributed by atoms with Gasteiger partial charge in [0.2, 0.25) is 0 Å². The van der Waals surface area contributed by atoms with Crippen molar-refractivity contribution in [1.82, 2.24) is 10.3 Å². The maximum Gasteiger partial charge on any atom is 0.404 e. The smallest absolute Gasteiger partial charge is 0.404 e. The maximum absolute atomic E-state index is 10.4. The lowest BCUT2D eigenvalue weighted by Crippen LogP contribution is -2.23. The first-order valence-corrected chi connectivity index (χ1v) is 6.26. The summed E-state index contributed by atoms with van der Waals surface area (Å²) in [5.41, 5.74) is 6.59. The molecule has 0 aliphatic rings. The van der Waals surface area contributed by atoms with Crippen molar-refractivity contribution < 1.29 is 14.3 Å². The molecular formula is C14H17N3O3. The van der Waals surface area contributed by atoms with Gasteiger partial charge in [0.1, 0.15) is 17.9 Å². The van der Waals surface area contributed by atoms with E-state index in [9.17, 15) is 4.79 Å². The second kappa shape index (κ2) is 6.72. The van der Waals surface area contributed by atoms with Crippen LogP contribution in [0.1, 0.15) is 5.69 Å². The van der Waals surface area contributed by atoms with Gasteiger partial charge in [-0.1, -0.05) is 18.2 Å². The molecule has 2 aromatic rings. The van der Waals surface area contributed by atoms with Gasteiger partial charge in [0.05, 0.1) is 12.8 Å². The Labute approximate surface area is 116 Å². The zero-order valence-corrected chi connectivity index (χ0v) is 11.3. The Balaban J connectivity index is 1.99. The number of nitrogens with one attached hydrogen (secondary N) is 1. The van der Waals surface area contributed by atoms with E-state index in [1.807, 2.05) is 30.3 Å². The summed E-state index contributed by atoms with van der Waals surface area (Å²) in [6, 6.07) is 9.75. The number of methoxy groups -OCH3 is 1. The third-order valence-electron chi connectivity index (χ3n) is 2.79. The van der Waals surface area contributed by atoms with E-state index in [0.717, 1.165) is 22.3 Å². The summed E-state index contributed by atoms with van der Waals surface area (Å²) in [4.78, 5) is 15.0. The fourth-order valence-electron chi connectivity index (χ4n) is 1.86. The molecule has 6 nitrogen and oxygen atoms in total. The number of hydrogen-bond donors (Lipinski definition) is 2. The Kier molecular flexibility index (Phi) is 4.73. The average Bonchev–Trinajstić information content (AvgIpc) is 2.45. The number of pyridine rings is 1. The van der Waals surface area contributed by atoms with Gasteiger partial charge in [0.15, 0.2) is 0 Å². The summed E-state index contributed by atoms with van der Waals surface area (Å²) in [6.07, 6.45) is -0.764. The minimum Gasteiger partial charge on any atom is -0.494 e. The van der Waals surface area contributed by atoms with Gasteiger partial charge >= 0.3 is 6.09 Å². The number of carbonyl (C=O) groups is 1. The summed E-state index contributed by atoms with van der Waals surface area (Å²) < 4.78 is 9.92. The van der Waals surface area contributed by atoms with E-state index >= 15 is 0 Å². The van der Waals surface area contributed by atoms with Gasteiger partial charge in [-0.25, -0.2) is 9.78 Å². The van der Waals surface area contributed by atoms with Gasteiger partial charge < -0.3 is 20.5 Å². The number of carbonyl (C=O) groups excluding carboxylic acids is 1. The van der Waals surface area contributed by atoms with Crippen LogP contribution in [0.5, 0.6) is 5.75 Å². The van der Waals surface area contributed by atoms with Crippen molar-refractivity contribution in [2.24, 2.45) is 5.73 Å². The average molecular weight is 275 g/mol. The molecule has 106 valence electrons. The van der Waals surface area contributed by atoms with E-state index in [-0.39, 0.29) is 6.61 Å². The Morgan fingerprint density at radius 1 is 1.35 bits per heavy atom. The van der Waals surface area contributed by atoms with Gasteiger partial charge in [-0.3, -0.25) is 0 Å². The highest BCUT2D eigenvalue weighted by Crippen LogP contribution is 2.23. The quantitative estimate of drug-likeness (QED) is 0.779. The molecule has 0 saturated carbocycles. The lowest BCUT2D eigenvalue weighted by molar-refractivity contribution is 0.157. The Bertz CT molecular complexity index is 601. The molecule has 0 bridgehead atoms. The number of aromatic nitrogens is 1. The lowest BCUT2D eigenvalue weighted by atomic mass is 10.2. The molecule has 1 aromatic carbocycles. The Hall–Kier alpha value is -2.34. The number of primary amides is 1. The minimum absolute atomic E-state index is 0.242. The number of ether oxygens (including phenoxy) is 2. The number of hydrogen-bond acceptors (Lipinski definition) is 5. The number of para-hydroxylation sites is 1. The molecule has 6 heteroatoms. The number of rotatable bonds is 6. The summed E-state index contributed by atoms with van der Waals surface area (Å²) in [6.45, 7) is 1.34. The van der Waals surface area contributed by atoms with Crippen LogP contribution in [0.4, 0.5) is 4.79 Å². The standard InChI is InChI=1S/C14H17N3O3/c1-19-12-4-2-3-10-5-6-11(17-13(10)12)9-16-7-8-20-14(15)18/h2-6,16H,7-9H2,1H3,(H2,15,18). The number of nitrogens with zero attached hydrogens (tertiary/aromatic N) is 1. The number of fused-ring (bicyclic) bond motifs is 1. The summed E-state index contributed by atoms with van der Waals surface area (Å²) in [5, 5.41) is 4.16. The molecule has 1 aromatic heterocycles. The van der Waals surface area contributed by atoms with Crippen LogP contribution in [0.15, 0.2) is 30.3 Å². The van der Waals surface area contributed by atoms with E-state index in [1.165, 1.54) is 0 Å². The number of amides is 1. The van der Waals surface area contributed by atoms with E-state index in [1.54, 1.807) is 7.11 Å². The van der Waals surface area contributed by atoms with Crippen molar-refractivity contribution in [2.75, 3.05) is 20.3 Å². The van der Waals surface area contributed by atoms with Crippen LogP contribution in [0, 0.1) is 0 Å². The van der Waals surface area contributed by atoms with Crippen molar-refractivity contribution in [3.05, 3.63) is 36.0 Å². The number of nitrogens with two attached hydrogens (primary N) is 1. The molecule has 1 heterocycles. The van der Waals surface area contributed by atoms with Crippen LogP contribution in [0.25, 0.3) is 10.9 Å². The molecule has 3 N–H and O–H groups in total. The van der Waals surface area contributed by atoms with E-state index < -0.39 is 6.09 Å². The Morgan fingerprint density at radius 3 is 2.95 bits per heavy atom. The van der Waals surface area contributed by atoms with Crippen molar-refractivity contribution in [1.29, 1.82) is 0 Å². The summed E-state index contributed by atoms with van der Waals surface area (Å²) in [5.74, 6) is 0.751. The van der Waals surface area contributed by atoms with Gasteiger partial charge in [-0.2, -0.15) is 0 Å². The Morgan fingerprint density at radius 2 is 2.20 bits per heavy atom. The molecule has 0 fully saturated rings. The molecule has 0 saturated heterocycles. The van der Waals surface area contributed by atoms with Crippen LogP contribution in [-0.4, -0.2) is 31.3 Å². The van der Waals surface area contributed by atoms with Crippen molar-refractivity contribution in [3.63, 3.8) is 0 Å². The molecular weight excluding hydrogens is 258 g/mol. The van der Waals surface area contributed by atoms with E-state index in [2.05, 4.69) is 15.0 Å². The highest BCUT2D eigenvalue weighted by atomic mass is 16.5. The fraction of sp³-hybridized carbons (Fsp3) is 0.286. The van der Waals surface area contributed by atoms with Gasteiger partial charge in [-0.05, 0) is 12.1 Å². The zero-order valence-electron chi connectivity index (χ0n) is 11.3. The predicted octanol–water partition coefficient (Wildman–Crippen LogP) is 1.43. The van der Waals surface area contributed by atoms with Crippen LogP contribution in [-0.2, 0) is 11.3 Å². The molecule has 0 unspecified atom stereocenters. The van der Waals surface area contributed by atoms with Crippen LogP contribution < -0.4 is 15.8 Å². The maximum atomic E-state index is 10.4. The topological polar surface area (TPSA) is 86.5 Å². The number of benzene rings is 1. The molecule has 0 spiro atoms. The molecule has 0 aliphatic heterocycles. The molecule has 20 heavy (non-hydrogen) atoms. The molecule has 0 atom stereocenters. The third-order valence-corrected chi connectivity index (χ3v) is 2.79. The highest BCUT2D eigenvalue weighted by molar-refractivity contribution is 5.84. The van der Waals surface area contributed by atoms with Crippen molar-refractivity contribution in [2.45, 2.75) is 6.54 Å². The second-order valence-electron chi connectivity index (χ2n) is 4.18. The summed E-state index contributed by atoms with van der Waals surface area (Å²) >= 11 is 0. The fourth-order valence-corrected chi connectivity index (χ4v) is 1.86. The van der Waals surface area contributed by atoms with Crippen molar-refractivity contribution in [3.8, 4) is 5.75 Å². The normalized spacial score (nSPS) is 10.4. The van der Waals surface area contributed by atoms with Crippen molar-refractivity contribution >= 4 is 17.0 Å². The van der Waals surface area contributed by atoms with Crippen LogP contribution in [0.3, 0.4) is 0 Å². The monoisotopic (exact) mass is 275 g/mol. The molecule has 0 radical (unpaired) electrons. The van der Waals surface area contributed by atoms with E-state index in [4.69, 9.17) is 10.5 Å². The molecule has 0 aliphatic carbocycles. The lowest BCUT2D eigenvalue weighted by Gasteiger charge is -2.08. The highest BCUT2D eigenvalue weighted by Gasteiger charge is 2.04. The second-order valence-corrected chi connectivity index (χ2v) is 4.18. The van der Waals surface area contributed by atoms with Gasteiger partial charge in [0.25, 0.3) is 0 Å². The minimum atomic E-state index is -0.764. The first-order valence-electron chi connectivity index (χ1n) is 6.26. The predicted molar refractivity (Wildman–Crippen MR) is 75.5 cm³/mol. The van der Waals surface area contributed by atoms with Gasteiger partial charge in [0, 0.05) is 18.5 Å². The van der Waals surface area contributed by atoms with Crippen LogP contribution in [0.2, 0.25) is 0 Å². The third kappa shape index (κ3) is 3.58. The largest absolute Gasteiger partial charge is 0.494 e. The zero-order chi connectivity index (χ0) is 14.4. The SMILES string of the molecule is COc1cccc2ccc(CNCCOC(N)=O)nc12.